The van der Waals surface area contributed by atoms with Crippen LogP contribution in [-0.4, -0.2) is 55.2 Å². The van der Waals surface area contributed by atoms with Gasteiger partial charge in [0.2, 0.25) is 10.0 Å². The molecular weight excluding hydrogens is 304 g/mol. The van der Waals surface area contributed by atoms with Gasteiger partial charge in [-0.3, -0.25) is 0 Å². The van der Waals surface area contributed by atoms with Crippen molar-refractivity contribution < 1.29 is 8.42 Å². The molecule has 0 spiro atoms. The van der Waals surface area contributed by atoms with Gasteiger partial charge in [0, 0.05) is 23.9 Å². The molecular formula is C15H30N2O2S2. The molecule has 3 atom stereocenters. The van der Waals surface area contributed by atoms with E-state index in [1.165, 1.54) is 24.9 Å². The number of nitrogens with one attached hydrogen (secondary N) is 1. The molecule has 6 heteroatoms. The zero-order valence-electron chi connectivity index (χ0n) is 13.6. The second-order valence-corrected chi connectivity index (χ2v) is 10.4. The van der Waals surface area contributed by atoms with E-state index in [-0.39, 0.29) is 0 Å². The summed E-state index contributed by atoms with van der Waals surface area (Å²) in [4.78, 5) is 0. The topological polar surface area (TPSA) is 49.4 Å². The van der Waals surface area contributed by atoms with Crippen LogP contribution in [0.5, 0.6) is 0 Å². The molecule has 0 aromatic heterocycles. The average Bonchev–Trinajstić information content (AvgIpc) is 2.86. The van der Waals surface area contributed by atoms with Gasteiger partial charge in [0.15, 0.2) is 0 Å². The standard InChI is InChI=1S/C15H30N2O2S2/c1-4-16-14(15(2)8-6-10-20-15)11-13-7-5-9-17(12-13)21(3,18)19/h13-14,16H,4-12H2,1-3H3. The van der Waals surface area contributed by atoms with E-state index >= 15 is 0 Å². The summed E-state index contributed by atoms with van der Waals surface area (Å²) in [6, 6.07) is 0.500. The van der Waals surface area contributed by atoms with Gasteiger partial charge >= 0.3 is 0 Å². The van der Waals surface area contributed by atoms with Crippen LogP contribution in [0, 0.1) is 5.92 Å². The number of piperidine rings is 1. The van der Waals surface area contributed by atoms with Gasteiger partial charge in [-0.2, -0.15) is 11.8 Å². The highest BCUT2D eigenvalue weighted by molar-refractivity contribution is 8.00. The first-order chi connectivity index (χ1) is 9.85. The minimum Gasteiger partial charge on any atom is -0.313 e. The number of nitrogens with zero attached hydrogens (tertiary/aromatic N) is 1. The monoisotopic (exact) mass is 334 g/mol. The van der Waals surface area contributed by atoms with E-state index < -0.39 is 10.0 Å². The normalized spacial score (nSPS) is 33.2. The van der Waals surface area contributed by atoms with Crippen LogP contribution < -0.4 is 5.32 Å². The molecule has 2 rings (SSSR count). The van der Waals surface area contributed by atoms with Crippen molar-refractivity contribution in [2.45, 2.75) is 56.7 Å². The largest absolute Gasteiger partial charge is 0.313 e. The van der Waals surface area contributed by atoms with Crippen molar-refractivity contribution in [3.05, 3.63) is 0 Å². The number of thioether (sulfide) groups is 1. The first kappa shape index (κ1) is 17.6. The molecule has 2 fully saturated rings. The van der Waals surface area contributed by atoms with Crippen LogP contribution >= 0.6 is 11.8 Å². The van der Waals surface area contributed by atoms with E-state index in [0.717, 1.165) is 25.8 Å². The van der Waals surface area contributed by atoms with Crippen molar-refractivity contribution in [3.8, 4) is 0 Å². The molecule has 2 heterocycles. The van der Waals surface area contributed by atoms with Crippen LogP contribution in [0.15, 0.2) is 0 Å². The Kier molecular flexibility index (Phi) is 6.02. The fraction of sp³-hybridized carbons (Fsp3) is 1.00. The smallest absolute Gasteiger partial charge is 0.211 e. The van der Waals surface area contributed by atoms with E-state index in [0.29, 0.717) is 29.8 Å². The molecule has 2 aliphatic heterocycles. The molecule has 0 amide bonds. The van der Waals surface area contributed by atoms with Crippen molar-refractivity contribution in [3.63, 3.8) is 0 Å². The lowest BCUT2D eigenvalue weighted by molar-refractivity contribution is 0.225. The van der Waals surface area contributed by atoms with Crippen LogP contribution in [0.4, 0.5) is 0 Å². The molecule has 0 aliphatic carbocycles. The zero-order valence-corrected chi connectivity index (χ0v) is 15.2. The van der Waals surface area contributed by atoms with Crippen LogP contribution in [-0.2, 0) is 10.0 Å². The lowest BCUT2D eigenvalue weighted by Crippen LogP contribution is -2.48. The molecule has 21 heavy (non-hydrogen) atoms. The lowest BCUT2D eigenvalue weighted by Gasteiger charge is -2.39. The Hall–Kier alpha value is 0.220. The first-order valence-corrected chi connectivity index (χ1v) is 11.0. The summed E-state index contributed by atoms with van der Waals surface area (Å²) in [5, 5.41) is 3.68. The van der Waals surface area contributed by atoms with E-state index in [1.54, 1.807) is 4.31 Å². The molecule has 0 aromatic rings. The molecule has 0 bridgehead atoms. The summed E-state index contributed by atoms with van der Waals surface area (Å²) < 4.78 is 25.5. The number of rotatable bonds is 6. The fourth-order valence-electron chi connectivity index (χ4n) is 3.72. The van der Waals surface area contributed by atoms with Gasteiger partial charge in [-0.05, 0) is 57.2 Å². The highest BCUT2D eigenvalue weighted by atomic mass is 32.2. The Morgan fingerprint density at radius 1 is 1.43 bits per heavy atom. The second-order valence-electron chi connectivity index (χ2n) is 6.74. The van der Waals surface area contributed by atoms with Gasteiger partial charge in [-0.15, -0.1) is 0 Å². The highest BCUT2D eigenvalue weighted by Crippen LogP contribution is 2.42. The van der Waals surface area contributed by atoms with Crippen molar-refractivity contribution in [2.24, 2.45) is 5.92 Å². The Morgan fingerprint density at radius 3 is 2.76 bits per heavy atom. The number of hydrogen-bond acceptors (Lipinski definition) is 4. The maximum Gasteiger partial charge on any atom is 0.211 e. The minimum absolute atomic E-state index is 0.323. The third kappa shape index (κ3) is 4.60. The first-order valence-electron chi connectivity index (χ1n) is 8.17. The summed E-state index contributed by atoms with van der Waals surface area (Å²) in [5.74, 6) is 1.76. The van der Waals surface area contributed by atoms with Gasteiger partial charge in [0.25, 0.3) is 0 Å². The van der Waals surface area contributed by atoms with Crippen molar-refractivity contribution >= 4 is 21.8 Å². The Morgan fingerprint density at radius 2 is 2.19 bits per heavy atom. The van der Waals surface area contributed by atoms with Gasteiger partial charge in [0.05, 0.1) is 6.26 Å². The molecule has 4 nitrogen and oxygen atoms in total. The molecule has 2 saturated heterocycles. The SMILES string of the molecule is CCNC(CC1CCCN(S(C)(=O)=O)C1)C1(C)CCCS1. The highest BCUT2D eigenvalue weighted by Gasteiger charge is 2.39. The summed E-state index contributed by atoms with van der Waals surface area (Å²) in [6.07, 6.45) is 7.19. The Labute approximate surface area is 134 Å². The molecule has 0 radical (unpaired) electrons. The molecule has 1 N–H and O–H groups in total. The predicted molar refractivity (Wildman–Crippen MR) is 91.3 cm³/mol. The third-order valence-corrected chi connectivity index (χ3v) is 7.87. The molecule has 3 unspecified atom stereocenters. The van der Waals surface area contributed by atoms with Crippen LogP contribution in [0.1, 0.15) is 46.0 Å². The molecule has 124 valence electrons. The Bertz CT molecular complexity index is 433. The quantitative estimate of drug-likeness (QED) is 0.810. The third-order valence-electron chi connectivity index (χ3n) is 4.96. The van der Waals surface area contributed by atoms with E-state index in [2.05, 4.69) is 30.9 Å². The maximum atomic E-state index is 11.8. The summed E-state index contributed by atoms with van der Waals surface area (Å²) in [5.41, 5.74) is 0. The molecule has 0 aromatic carbocycles. The summed E-state index contributed by atoms with van der Waals surface area (Å²) in [6.45, 7) is 6.95. The van der Waals surface area contributed by atoms with Gasteiger partial charge in [-0.25, -0.2) is 12.7 Å². The summed E-state index contributed by atoms with van der Waals surface area (Å²) in [7, 11) is -3.03. The number of hydrogen-bond donors (Lipinski definition) is 1. The average molecular weight is 335 g/mol. The van der Waals surface area contributed by atoms with Crippen molar-refractivity contribution in [1.29, 1.82) is 0 Å². The summed E-state index contributed by atoms with van der Waals surface area (Å²) >= 11 is 2.09. The second kappa shape index (κ2) is 7.20. The van der Waals surface area contributed by atoms with E-state index in [4.69, 9.17) is 0 Å². The van der Waals surface area contributed by atoms with Crippen molar-refractivity contribution in [2.75, 3.05) is 31.6 Å². The van der Waals surface area contributed by atoms with Crippen molar-refractivity contribution in [1.82, 2.24) is 9.62 Å². The number of sulfonamides is 1. The van der Waals surface area contributed by atoms with Crippen LogP contribution in [0.2, 0.25) is 0 Å². The molecule has 2 aliphatic rings. The zero-order chi connectivity index (χ0) is 15.5. The molecule has 0 saturated carbocycles. The maximum absolute atomic E-state index is 11.8. The fourth-order valence-corrected chi connectivity index (χ4v) is 6.09. The van der Waals surface area contributed by atoms with Gasteiger partial charge in [0.1, 0.15) is 0 Å². The van der Waals surface area contributed by atoms with E-state index in [9.17, 15) is 8.42 Å². The van der Waals surface area contributed by atoms with Gasteiger partial charge in [-0.1, -0.05) is 6.92 Å². The lowest BCUT2D eigenvalue weighted by atomic mass is 9.85. The minimum atomic E-state index is -3.03. The van der Waals surface area contributed by atoms with E-state index in [1.807, 2.05) is 0 Å². The Balaban J connectivity index is 1.99. The van der Waals surface area contributed by atoms with Crippen LogP contribution in [0.3, 0.4) is 0 Å². The van der Waals surface area contributed by atoms with Gasteiger partial charge < -0.3 is 5.32 Å². The predicted octanol–water partition coefficient (Wildman–Crippen LogP) is 2.31. The van der Waals surface area contributed by atoms with Crippen LogP contribution in [0.25, 0.3) is 0 Å².